The highest BCUT2D eigenvalue weighted by Crippen LogP contribution is 2.42. The highest BCUT2D eigenvalue weighted by atomic mass is 32.2. The smallest absolute Gasteiger partial charge is 0.214 e. The molecule has 0 saturated heterocycles. The molecule has 8 nitrogen and oxygen atoms in total. The summed E-state index contributed by atoms with van der Waals surface area (Å²) in [5.74, 6) is -2.66. The molecule has 0 aliphatic rings. The van der Waals surface area contributed by atoms with Gasteiger partial charge >= 0.3 is 0 Å². The number of sulfone groups is 1. The zero-order chi connectivity index (χ0) is 15.9. The molecule has 0 atom stereocenters. The van der Waals surface area contributed by atoms with Gasteiger partial charge in [-0.05, 0) is 24.3 Å². The number of nitrogen functional groups attached to an aromatic ring is 2. The minimum absolute atomic E-state index is 0.485. The van der Waals surface area contributed by atoms with Gasteiger partial charge in [0.05, 0.1) is 0 Å². The summed E-state index contributed by atoms with van der Waals surface area (Å²) in [5, 5.41) is 38.2. The van der Waals surface area contributed by atoms with E-state index >= 15 is 0 Å². The van der Waals surface area contributed by atoms with E-state index < -0.39 is 54.0 Å². The van der Waals surface area contributed by atoms with Crippen LogP contribution in [0.3, 0.4) is 0 Å². The molecule has 0 aliphatic heterocycles. The van der Waals surface area contributed by atoms with Gasteiger partial charge in [-0.1, -0.05) is 0 Å². The fourth-order valence-corrected chi connectivity index (χ4v) is 3.17. The quantitative estimate of drug-likeness (QED) is 0.344. The number of hydrogen-bond acceptors (Lipinski definition) is 8. The van der Waals surface area contributed by atoms with E-state index in [0.29, 0.717) is 0 Å². The zero-order valence-corrected chi connectivity index (χ0v) is 11.3. The highest BCUT2D eigenvalue weighted by molar-refractivity contribution is 7.91. The Morgan fingerprint density at radius 1 is 0.714 bits per heavy atom. The molecule has 2 rings (SSSR count). The molecule has 0 fully saturated rings. The van der Waals surface area contributed by atoms with Crippen LogP contribution in [0.25, 0.3) is 0 Å². The Labute approximate surface area is 119 Å². The first-order chi connectivity index (χ1) is 9.67. The summed E-state index contributed by atoms with van der Waals surface area (Å²) in [6.45, 7) is 0. The van der Waals surface area contributed by atoms with Gasteiger partial charge < -0.3 is 31.9 Å². The Hall–Kier alpha value is -2.81. The number of benzene rings is 2. The van der Waals surface area contributed by atoms with Crippen LogP contribution in [0.15, 0.2) is 34.1 Å². The number of anilines is 2. The van der Waals surface area contributed by atoms with E-state index in [0.717, 1.165) is 24.3 Å². The second kappa shape index (κ2) is 4.63. The minimum atomic E-state index is -4.36. The number of rotatable bonds is 2. The van der Waals surface area contributed by atoms with Crippen molar-refractivity contribution in [2.24, 2.45) is 0 Å². The maximum Gasteiger partial charge on any atom is 0.214 e. The average Bonchev–Trinajstić information content (AvgIpc) is 2.41. The topological polar surface area (TPSA) is 167 Å². The maximum absolute atomic E-state index is 12.4. The molecular formula is C12H12N2O6S. The average molecular weight is 312 g/mol. The molecule has 0 aromatic heterocycles. The predicted molar refractivity (Wildman–Crippen MR) is 73.8 cm³/mol. The second-order valence-corrected chi connectivity index (χ2v) is 6.08. The third kappa shape index (κ3) is 2.13. The van der Waals surface area contributed by atoms with Crippen LogP contribution in [0.2, 0.25) is 0 Å². The molecule has 2 aromatic carbocycles. The summed E-state index contributed by atoms with van der Waals surface area (Å²) in [6, 6.07) is 3.84. The third-order valence-electron chi connectivity index (χ3n) is 2.89. The van der Waals surface area contributed by atoms with Gasteiger partial charge in [0.2, 0.25) is 9.84 Å². The number of phenols is 4. The standard InChI is InChI=1S/C12H12N2O6S/c13-9-5(15)1-3-7(11(9)17)21(19,20)8-4-2-6(16)10(14)12(8)18/h1-4,15-18H,13-14H2. The molecule has 0 aliphatic carbocycles. The van der Waals surface area contributed by atoms with Gasteiger partial charge in [-0.25, -0.2) is 8.42 Å². The molecule has 0 amide bonds. The predicted octanol–water partition coefficient (Wildman–Crippen LogP) is 0.506. The molecule has 0 bridgehead atoms. The summed E-state index contributed by atoms with van der Waals surface area (Å²) in [6.07, 6.45) is 0. The van der Waals surface area contributed by atoms with Crippen LogP contribution >= 0.6 is 0 Å². The van der Waals surface area contributed by atoms with Gasteiger partial charge in [0.1, 0.15) is 32.7 Å². The molecule has 0 radical (unpaired) electrons. The van der Waals surface area contributed by atoms with Crippen LogP contribution in [-0.4, -0.2) is 28.8 Å². The van der Waals surface area contributed by atoms with E-state index in [4.69, 9.17) is 11.5 Å². The van der Waals surface area contributed by atoms with Crippen LogP contribution in [0, 0.1) is 0 Å². The lowest BCUT2D eigenvalue weighted by Crippen LogP contribution is -2.05. The van der Waals surface area contributed by atoms with Gasteiger partial charge in [0.25, 0.3) is 0 Å². The van der Waals surface area contributed by atoms with Crippen molar-refractivity contribution in [3.63, 3.8) is 0 Å². The summed E-state index contributed by atoms with van der Waals surface area (Å²) >= 11 is 0. The van der Waals surface area contributed by atoms with E-state index in [-0.39, 0.29) is 0 Å². The van der Waals surface area contributed by atoms with Crippen molar-refractivity contribution in [3.8, 4) is 23.0 Å². The van der Waals surface area contributed by atoms with Gasteiger partial charge in [0.15, 0.2) is 11.5 Å². The number of aromatic hydroxyl groups is 4. The number of nitrogens with two attached hydrogens (primary N) is 2. The lowest BCUT2D eigenvalue weighted by atomic mass is 10.3. The fraction of sp³-hybridized carbons (Fsp3) is 0. The van der Waals surface area contributed by atoms with Crippen LogP contribution < -0.4 is 11.5 Å². The molecule has 21 heavy (non-hydrogen) atoms. The van der Waals surface area contributed by atoms with E-state index in [1.807, 2.05) is 0 Å². The van der Waals surface area contributed by atoms with E-state index in [1.165, 1.54) is 0 Å². The number of hydrogen-bond donors (Lipinski definition) is 6. The van der Waals surface area contributed by atoms with E-state index in [9.17, 15) is 28.8 Å². The molecule has 0 unspecified atom stereocenters. The van der Waals surface area contributed by atoms with E-state index in [2.05, 4.69) is 0 Å². The molecule has 0 spiro atoms. The molecule has 2 aromatic rings. The molecule has 0 saturated carbocycles. The monoisotopic (exact) mass is 312 g/mol. The first-order valence-corrected chi connectivity index (χ1v) is 7.02. The van der Waals surface area contributed by atoms with Crippen molar-refractivity contribution < 1.29 is 28.8 Å². The molecule has 0 heterocycles. The van der Waals surface area contributed by atoms with Gasteiger partial charge in [-0.2, -0.15) is 0 Å². The summed E-state index contributed by atoms with van der Waals surface area (Å²) in [5.41, 5.74) is 9.69. The summed E-state index contributed by atoms with van der Waals surface area (Å²) in [4.78, 5) is -1.23. The van der Waals surface area contributed by atoms with Crippen molar-refractivity contribution in [1.29, 1.82) is 0 Å². The Morgan fingerprint density at radius 3 is 1.38 bits per heavy atom. The van der Waals surface area contributed by atoms with Crippen molar-refractivity contribution >= 4 is 21.2 Å². The minimum Gasteiger partial charge on any atom is -0.506 e. The Kier molecular flexibility index (Phi) is 3.22. The zero-order valence-electron chi connectivity index (χ0n) is 10.5. The normalized spacial score (nSPS) is 11.4. The summed E-state index contributed by atoms with van der Waals surface area (Å²) < 4.78 is 24.8. The van der Waals surface area contributed by atoms with Crippen LogP contribution in [0.4, 0.5) is 11.4 Å². The second-order valence-electron chi connectivity index (χ2n) is 4.19. The van der Waals surface area contributed by atoms with Gasteiger partial charge in [-0.15, -0.1) is 0 Å². The lowest BCUT2D eigenvalue weighted by Gasteiger charge is -2.12. The first kappa shape index (κ1) is 14.6. The van der Waals surface area contributed by atoms with Gasteiger partial charge in [0, 0.05) is 0 Å². The van der Waals surface area contributed by atoms with Crippen LogP contribution in [-0.2, 0) is 9.84 Å². The fourth-order valence-electron chi connectivity index (χ4n) is 1.71. The molecular weight excluding hydrogens is 300 g/mol. The SMILES string of the molecule is Nc1c(O)ccc(S(=O)(=O)c2ccc(O)c(N)c2O)c1O. The third-order valence-corrected chi connectivity index (χ3v) is 4.71. The largest absolute Gasteiger partial charge is 0.506 e. The van der Waals surface area contributed by atoms with Crippen LogP contribution in [0.1, 0.15) is 0 Å². The Balaban J connectivity index is 2.75. The van der Waals surface area contributed by atoms with Crippen molar-refractivity contribution in [3.05, 3.63) is 24.3 Å². The van der Waals surface area contributed by atoms with Crippen molar-refractivity contribution in [2.45, 2.75) is 9.79 Å². The van der Waals surface area contributed by atoms with Gasteiger partial charge in [-0.3, -0.25) is 0 Å². The maximum atomic E-state index is 12.4. The number of phenolic OH excluding ortho intramolecular Hbond substituents is 4. The Morgan fingerprint density at radius 2 is 1.05 bits per heavy atom. The van der Waals surface area contributed by atoms with Crippen molar-refractivity contribution in [2.75, 3.05) is 11.5 Å². The highest BCUT2D eigenvalue weighted by Gasteiger charge is 2.28. The van der Waals surface area contributed by atoms with Crippen molar-refractivity contribution in [1.82, 2.24) is 0 Å². The molecule has 9 heteroatoms. The summed E-state index contributed by atoms with van der Waals surface area (Å²) in [7, 11) is -4.36. The van der Waals surface area contributed by atoms with Crippen LogP contribution in [0.5, 0.6) is 23.0 Å². The lowest BCUT2D eigenvalue weighted by molar-refractivity contribution is 0.440. The first-order valence-electron chi connectivity index (χ1n) is 5.53. The molecule has 112 valence electrons. The van der Waals surface area contributed by atoms with E-state index in [1.54, 1.807) is 0 Å². The molecule has 8 N–H and O–H groups in total. The Bertz CT molecular complexity index is 769.